The lowest BCUT2D eigenvalue weighted by Crippen LogP contribution is -2.42. The Morgan fingerprint density at radius 1 is 1.50 bits per heavy atom. The van der Waals surface area contributed by atoms with E-state index in [1.54, 1.807) is 0 Å². The second-order valence-electron chi connectivity index (χ2n) is 3.13. The molecule has 0 heterocycles. The number of hydrogen-bond acceptors (Lipinski definition) is 2. The van der Waals surface area contributed by atoms with Gasteiger partial charge < -0.3 is 11.1 Å². The van der Waals surface area contributed by atoms with Gasteiger partial charge in [-0.3, -0.25) is 0 Å². The Hall–Kier alpha value is -0.220. The van der Waals surface area contributed by atoms with Crippen LogP contribution in [0.15, 0.2) is 0 Å². The first-order valence-corrected chi connectivity index (χ1v) is 4.33. The predicted molar refractivity (Wildman–Crippen MR) is 46.4 cm³/mol. The Morgan fingerprint density at radius 2 is 2.08 bits per heavy atom. The van der Waals surface area contributed by atoms with Gasteiger partial charge in [0.05, 0.1) is 13.1 Å². The van der Waals surface area contributed by atoms with Crippen LogP contribution in [0.3, 0.4) is 0 Å². The quantitative estimate of drug-likeness (QED) is 0.647. The molecule has 1 unspecified atom stereocenters. The zero-order chi connectivity index (χ0) is 9.61. The molecule has 12 heavy (non-hydrogen) atoms. The number of halogens is 2. The number of hydrogen-bond donors (Lipinski definition) is 2. The third kappa shape index (κ3) is 5.43. The van der Waals surface area contributed by atoms with Gasteiger partial charge in [-0.05, 0) is 13.3 Å². The maximum absolute atomic E-state index is 12.6. The molecule has 0 bridgehead atoms. The standard InChI is InChI=1S/C8H18F2N2/c1-3-4-7(2)12-6-8(9,10)5-11/h7,12H,3-6,11H2,1-2H3. The molecule has 0 aromatic heterocycles. The minimum absolute atomic E-state index is 0.146. The molecule has 0 rings (SSSR count). The van der Waals surface area contributed by atoms with Crippen molar-refractivity contribution in [1.82, 2.24) is 5.32 Å². The summed E-state index contributed by atoms with van der Waals surface area (Å²) in [6.07, 6.45) is 1.92. The van der Waals surface area contributed by atoms with Crippen LogP contribution in [0.5, 0.6) is 0 Å². The van der Waals surface area contributed by atoms with Crippen molar-refractivity contribution in [2.75, 3.05) is 13.1 Å². The van der Waals surface area contributed by atoms with Crippen LogP contribution in [-0.2, 0) is 0 Å². The van der Waals surface area contributed by atoms with Crippen LogP contribution in [0.4, 0.5) is 8.78 Å². The van der Waals surface area contributed by atoms with E-state index >= 15 is 0 Å². The molecule has 3 N–H and O–H groups in total. The summed E-state index contributed by atoms with van der Waals surface area (Å²) in [5.41, 5.74) is 4.88. The minimum atomic E-state index is -2.76. The number of nitrogens with one attached hydrogen (secondary N) is 1. The molecule has 0 fully saturated rings. The van der Waals surface area contributed by atoms with Crippen LogP contribution in [0.2, 0.25) is 0 Å². The average molecular weight is 180 g/mol. The molecule has 0 amide bonds. The first-order chi connectivity index (χ1) is 5.52. The summed E-state index contributed by atoms with van der Waals surface area (Å²) in [5.74, 6) is -2.76. The van der Waals surface area contributed by atoms with Crippen LogP contribution in [0.25, 0.3) is 0 Å². The zero-order valence-electron chi connectivity index (χ0n) is 7.74. The van der Waals surface area contributed by atoms with Gasteiger partial charge in [-0.1, -0.05) is 13.3 Å². The molecule has 74 valence electrons. The lowest BCUT2D eigenvalue weighted by Gasteiger charge is -2.18. The fourth-order valence-electron chi connectivity index (χ4n) is 0.931. The fourth-order valence-corrected chi connectivity index (χ4v) is 0.931. The molecule has 0 spiro atoms. The summed E-state index contributed by atoms with van der Waals surface area (Å²) in [5, 5.41) is 2.74. The molecule has 2 nitrogen and oxygen atoms in total. The van der Waals surface area contributed by atoms with E-state index in [-0.39, 0.29) is 12.6 Å². The zero-order valence-corrected chi connectivity index (χ0v) is 7.74. The topological polar surface area (TPSA) is 38.0 Å². The minimum Gasteiger partial charge on any atom is -0.325 e. The van der Waals surface area contributed by atoms with E-state index in [1.165, 1.54) is 0 Å². The van der Waals surface area contributed by atoms with E-state index in [1.807, 2.05) is 13.8 Å². The fraction of sp³-hybridized carbons (Fsp3) is 1.00. The van der Waals surface area contributed by atoms with Gasteiger partial charge in [-0.2, -0.15) is 0 Å². The Labute approximate surface area is 72.5 Å². The highest BCUT2D eigenvalue weighted by Gasteiger charge is 2.26. The van der Waals surface area contributed by atoms with E-state index < -0.39 is 12.5 Å². The van der Waals surface area contributed by atoms with Crippen molar-refractivity contribution in [3.05, 3.63) is 0 Å². The van der Waals surface area contributed by atoms with Gasteiger partial charge in [0.15, 0.2) is 0 Å². The van der Waals surface area contributed by atoms with Crippen molar-refractivity contribution in [1.29, 1.82) is 0 Å². The van der Waals surface area contributed by atoms with E-state index in [2.05, 4.69) is 5.32 Å². The summed E-state index contributed by atoms with van der Waals surface area (Å²) in [6, 6.07) is 0.146. The van der Waals surface area contributed by atoms with Gasteiger partial charge >= 0.3 is 0 Å². The first-order valence-electron chi connectivity index (χ1n) is 4.33. The van der Waals surface area contributed by atoms with E-state index in [4.69, 9.17) is 5.73 Å². The lowest BCUT2D eigenvalue weighted by molar-refractivity contribution is 0.00941. The molecule has 0 radical (unpaired) electrons. The Morgan fingerprint density at radius 3 is 2.50 bits per heavy atom. The van der Waals surface area contributed by atoms with Gasteiger partial charge in [0.1, 0.15) is 0 Å². The molecular formula is C8H18F2N2. The SMILES string of the molecule is CCCC(C)NCC(F)(F)CN. The van der Waals surface area contributed by atoms with Crippen molar-refractivity contribution < 1.29 is 8.78 Å². The van der Waals surface area contributed by atoms with Gasteiger partial charge in [0, 0.05) is 6.04 Å². The van der Waals surface area contributed by atoms with E-state index in [9.17, 15) is 8.78 Å². The number of nitrogens with two attached hydrogens (primary N) is 1. The summed E-state index contributed by atoms with van der Waals surface area (Å²) >= 11 is 0. The van der Waals surface area contributed by atoms with Gasteiger partial charge in [0.2, 0.25) is 0 Å². The number of alkyl halides is 2. The molecule has 0 saturated heterocycles. The molecule has 0 aromatic rings. The smallest absolute Gasteiger partial charge is 0.272 e. The van der Waals surface area contributed by atoms with Crippen molar-refractivity contribution in [3.8, 4) is 0 Å². The Kier molecular flexibility index (Phi) is 5.33. The average Bonchev–Trinajstić information content (AvgIpc) is 2.02. The second-order valence-corrected chi connectivity index (χ2v) is 3.13. The monoisotopic (exact) mass is 180 g/mol. The molecule has 0 aliphatic heterocycles. The van der Waals surface area contributed by atoms with Crippen LogP contribution in [-0.4, -0.2) is 25.1 Å². The van der Waals surface area contributed by atoms with Crippen LogP contribution >= 0.6 is 0 Å². The van der Waals surface area contributed by atoms with Crippen molar-refractivity contribution in [2.45, 2.75) is 38.7 Å². The Balaban J connectivity index is 3.52. The molecule has 0 aliphatic carbocycles. The van der Waals surface area contributed by atoms with E-state index in [0.29, 0.717) is 0 Å². The van der Waals surface area contributed by atoms with Crippen LogP contribution in [0.1, 0.15) is 26.7 Å². The molecule has 0 saturated carbocycles. The number of rotatable bonds is 6. The highest BCUT2D eigenvalue weighted by molar-refractivity contribution is 4.72. The third-order valence-corrected chi connectivity index (χ3v) is 1.73. The summed E-state index contributed by atoms with van der Waals surface area (Å²) in [6.45, 7) is 3.03. The normalized spacial score (nSPS) is 14.8. The molecule has 0 aliphatic rings. The Bertz CT molecular complexity index is 118. The maximum Gasteiger partial charge on any atom is 0.272 e. The van der Waals surface area contributed by atoms with Crippen molar-refractivity contribution >= 4 is 0 Å². The van der Waals surface area contributed by atoms with Gasteiger partial charge in [-0.25, -0.2) is 8.78 Å². The highest BCUT2D eigenvalue weighted by atomic mass is 19.3. The molecular weight excluding hydrogens is 162 g/mol. The maximum atomic E-state index is 12.6. The van der Waals surface area contributed by atoms with Gasteiger partial charge in [-0.15, -0.1) is 0 Å². The summed E-state index contributed by atoms with van der Waals surface area (Å²) in [7, 11) is 0. The van der Waals surface area contributed by atoms with Crippen molar-refractivity contribution in [3.63, 3.8) is 0 Å². The van der Waals surface area contributed by atoms with E-state index in [0.717, 1.165) is 12.8 Å². The lowest BCUT2D eigenvalue weighted by atomic mass is 10.2. The highest BCUT2D eigenvalue weighted by Crippen LogP contribution is 2.09. The predicted octanol–water partition coefficient (Wildman–Crippen LogP) is 1.36. The molecule has 0 aromatic carbocycles. The summed E-state index contributed by atoms with van der Waals surface area (Å²) in [4.78, 5) is 0. The van der Waals surface area contributed by atoms with Crippen molar-refractivity contribution in [2.24, 2.45) is 5.73 Å². The van der Waals surface area contributed by atoms with Gasteiger partial charge in [0.25, 0.3) is 5.92 Å². The van der Waals surface area contributed by atoms with Crippen LogP contribution < -0.4 is 11.1 Å². The van der Waals surface area contributed by atoms with Crippen LogP contribution in [0, 0.1) is 0 Å². The molecule has 1 atom stereocenters. The third-order valence-electron chi connectivity index (χ3n) is 1.73. The largest absolute Gasteiger partial charge is 0.325 e. The summed E-state index contributed by atoms with van der Waals surface area (Å²) < 4.78 is 25.1. The second kappa shape index (κ2) is 5.43. The first kappa shape index (κ1) is 11.8. The molecule has 4 heteroatoms.